The predicted octanol–water partition coefficient (Wildman–Crippen LogP) is 1.78. The number of methoxy groups -OCH3 is 2. The van der Waals surface area contributed by atoms with Crippen LogP contribution in [0.15, 0.2) is 42.5 Å². The van der Waals surface area contributed by atoms with E-state index in [4.69, 9.17) is 9.47 Å². The molecule has 3 rings (SSSR count). The molecule has 0 radical (unpaired) electrons. The lowest BCUT2D eigenvalue weighted by molar-refractivity contribution is -0.124. The standard InChI is InChI=1S/C19H21N5O4/c1-27-14-8-6-13(7-9-14)12-20-16(25)10-11-17(26)21-19-23-22-15-4-3-5-18(28-2)24(15)19/h3-9H,10-12H2,1-2H3,(H,20,25)(H,21,23,26). The maximum absolute atomic E-state index is 12.2. The van der Waals surface area contributed by atoms with Crippen LogP contribution in [-0.2, 0) is 16.1 Å². The number of amides is 2. The minimum absolute atomic E-state index is 0.0263. The van der Waals surface area contributed by atoms with E-state index in [9.17, 15) is 9.59 Å². The number of carbonyl (C=O) groups excluding carboxylic acids is 2. The minimum atomic E-state index is -0.334. The third-order valence-electron chi connectivity index (χ3n) is 4.08. The number of ether oxygens (including phenoxy) is 2. The second kappa shape index (κ2) is 8.85. The number of anilines is 1. The summed E-state index contributed by atoms with van der Waals surface area (Å²) in [4.78, 5) is 24.2. The molecule has 2 heterocycles. The van der Waals surface area contributed by atoms with Crippen LogP contribution in [0, 0.1) is 0 Å². The van der Waals surface area contributed by atoms with Crippen molar-refractivity contribution in [1.29, 1.82) is 0 Å². The van der Waals surface area contributed by atoms with Crippen molar-refractivity contribution in [2.45, 2.75) is 19.4 Å². The Labute approximate surface area is 161 Å². The molecule has 0 fully saturated rings. The van der Waals surface area contributed by atoms with Gasteiger partial charge in [0, 0.05) is 19.4 Å². The number of hydrogen-bond donors (Lipinski definition) is 2. The SMILES string of the molecule is COc1ccc(CNC(=O)CCC(=O)Nc2nnc3cccc(OC)n23)cc1. The molecule has 28 heavy (non-hydrogen) atoms. The van der Waals surface area contributed by atoms with Crippen molar-refractivity contribution in [3.63, 3.8) is 0 Å². The highest BCUT2D eigenvalue weighted by Crippen LogP contribution is 2.18. The molecule has 3 aromatic rings. The van der Waals surface area contributed by atoms with Gasteiger partial charge < -0.3 is 14.8 Å². The molecule has 0 saturated carbocycles. The summed E-state index contributed by atoms with van der Waals surface area (Å²) in [7, 11) is 3.12. The number of nitrogens with zero attached hydrogens (tertiary/aromatic N) is 3. The average molecular weight is 383 g/mol. The minimum Gasteiger partial charge on any atom is -0.497 e. The van der Waals surface area contributed by atoms with Crippen molar-refractivity contribution in [2.24, 2.45) is 0 Å². The van der Waals surface area contributed by atoms with E-state index in [1.54, 1.807) is 29.7 Å². The lowest BCUT2D eigenvalue weighted by Crippen LogP contribution is -2.24. The molecule has 0 saturated heterocycles. The highest BCUT2D eigenvalue weighted by atomic mass is 16.5. The summed E-state index contributed by atoms with van der Waals surface area (Å²) in [6.45, 7) is 0.385. The van der Waals surface area contributed by atoms with E-state index >= 15 is 0 Å². The summed E-state index contributed by atoms with van der Waals surface area (Å²) in [5, 5.41) is 13.4. The van der Waals surface area contributed by atoms with E-state index in [1.807, 2.05) is 24.3 Å². The molecule has 0 bridgehead atoms. The molecule has 0 atom stereocenters. The molecule has 9 nitrogen and oxygen atoms in total. The molecule has 0 aliphatic carbocycles. The van der Waals surface area contributed by atoms with Gasteiger partial charge in [-0.25, -0.2) is 4.40 Å². The van der Waals surface area contributed by atoms with Gasteiger partial charge in [0.2, 0.25) is 23.6 Å². The molecule has 2 N–H and O–H groups in total. The van der Waals surface area contributed by atoms with Gasteiger partial charge in [-0.1, -0.05) is 18.2 Å². The molecule has 2 aromatic heterocycles. The topological polar surface area (TPSA) is 107 Å². The zero-order valence-corrected chi connectivity index (χ0v) is 15.6. The number of nitrogens with one attached hydrogen (secondary N) is 2. The zero-order chi connectivity index (χ0) is 19.9. The van der Waals surface area contributed by atoms with E-state index < -0.39 is 0 Å². The molecule has 9 heteroatoms. The van der Waals surface area contributed by atoms with Gasteiger partial charge in [-0.3, -0.25) is 14.9 Å². The van der Waals surface area contributed by atoms with E-state index in [-0.39, 0.29) is 30.6 Å². The molecular formula is C19H21N5O4. The maximum Gasteiger partial charge on any atom is 0.238 e. The van der Waals surface area contributed by atoms with Crippen molar-refractivity contribution >= 4 is 23.4 Å². The summed E-state index contributed by atoms with van der Waals surface area (Å²) in [6, 6.07) is 12.7. The zero-order valence-electron chi connectivity index (χ0n) is 15.6. The molecule has 146 valence electrons. The highest BCUT2D eigenvalue weighted by molar-refractivity contribution is 5.92. The predicted molar refractivity (Wildman–Crippen MR) is 102 cm³/mol. The van der Waals surface area contributed by atoms with Crippen LogP contribution < -0.4 is 20.1 Å². The number of rotatable bonds is 8. The Morgan fingerprint density at radius 1 is 0.964 bits per heavy atom. The quantitative estimate of drug-likeness (QED) is 0.614. The fourth-order valence-electron chi connectivity index (χ4n) is 2.60. The van der Waals surface area contributed by atoms with E-state index in [1.165, 1.54) is 7.11 Å². The van der Waals surface area contributed by atoms with Crippen LogP contribution in [0.3, 0.4) is 0 Å². The Morgan fingerprint density at radius 3 is 2.43 bits per heavy atom. The Bertz CT molecular complexity index is 968. The van der Waals surface area contributed by atoms with Crippen LogP contribution in [0.2, 0.25) is 0 Å². The third kappa shape index (κ3) is 4.56. The van der Waals surface area contributed by atoms with Gasteiger partial charge in [0.25, 0.3) is 0 Å². The second-order valence-corrected chi connectivity index (χ2v) is 5.96. The van der Waals surface area contributed by atoms with Gasteiger partial charge in [-0.15, -0.1) is 10.2 Å². The first-order chi connectivity index (χ1) is 13.6. The summed E-state index contributed by atoms with van der Waals surface area (Å²) < 4.78 is 11.9. The summed E-state index contributed by atoms with van der Waals surface area (Å²) in [6.07, 6.45) is 0.0916. The monoisotopic (exact) mass is 383 g/mol. The first-order valence-corrected chi connectivity index (χ1v) is 8.68. The molecule has 0 unspecified atom stereocenters. The fraction of sp³-hybridized carbons (Fsp3) is 0.263. The van der Waals surface area contributed by atoms with Crippen LogP contribution in [-0.4, -0.2) is 40.6 Å². The molecule has 1 aromatic carbocycles. The Kier molecular flexibility index (Phi) is 6.05. The van der Waals surface area contributed by atoms with Gasteiger partial charge in [0.15, 0.2) is 5.65 Å². The van der Waals surface area contributed by atoms with Crippen LogP contribution >= 0.6 is 0 Å². The van der Waals surface area contributed by atoms with Crippen LogP contribution in [0.5, 0.6) is 11.6 Å². The summed E-state index contributed by atoms with van der Waals surface area (Å²) in [5.41, 5.74) is 1.49. The van der Waals surface area contributed by atoms with Gasteiger partial charge in [-0.05, 0) is 29.8 Å². The molecular weight excluding hydrogens is 362 g/mol. The van der Waals surface area contributed by atoms with Crippen LogP contribution in [0.1, 0.15) is 18.4 Å². The number of aromatic nitrogens is 3. The molecule has 2 amide bonds. The molecule has 0 aliphatic heterocycles. The van der Waals surface area contributed by atoms with E-state index in [2.05, 4.69) is 20.8 Å². The maximum atomic E-state index is 12.2. The van der Waals surface area contributed by atoms with E-state index in [0.29, 0.717) is 18.1 Å². The average Bonchev–Trinajstić information content (AvgIpc) is 3.14. The van der Waals surface area contributed by atoms with Gasteiger partial charge in [0.05, 0.1) is 14.2 Å². The van der Waals surface area contributed by atoms with E-state index in [0.717, 1.165) is 11.3 Å². The number of fused-ring (bicyclic) bond motifs is 1. The van der Waals surface area contributed by atoms with Crippen molar-refractivity contribution in [1.82, 2.24) is 19.9 Å². The Morgan fingerprint density at radius 2 is 1.71 bits per heavy atom. The van der Waals surface area contributed by atoms with Crippen molar-refractivity contribution in [3.05, 3.63) is 48.0 Å². The highest BCUT2D eigenvalue weighted by Gasteiger charge is 2.13. The number of benzene rings is 1. The van der Waals surface area contributed by atoms with Gasteiger partial charge in [0.1, 0.15) is 5.75 Å². The largest absolute Gasteiger partial charge is 0.497 e. The number of carbonyl (C=O) groups is 2. The summed E-state index contributed by atoms with van der Waals surface area (Å²) >= 11 is 0. The number of pyridine rings is 1. The molecule has 0 aliphatic rings. The fourth-order valence-corrected chi connectivity index (χ4v) is 2.60. The third-order valence-corrected chi connectivity index (χ3v) is 4.08. The smallest absolute Gasteiger partial charge is 0.238 e. The number of hydrogen-bond acceptors (Lipinski definition) is 6. The van der Waals surface area contributed by atoms with Crippen molar-refractivity contribution < 1.29 is 19.1 Å². The van der Waals surface area contributed by atoms with Gasteiger partial charge in [-0.2, -0.15) is 0 Å². The lowest BCUT2D eigenvalue weighted by atomic mass is 10.2. The summed E-state index contributed by atoms with van der Waals surface area (Å²) in [5.74, 6) is 0.949. The van der Waals surface area contributed by atoms with Gasteiger partial charge >= 0.3 is 0 Å². The molecule has 0 spiro atoms. The second-order valence-electron chi connectivity index (χ2n) is 5.96. The van der Waals surface area contributed by atoms with Crippen molar-refractivity contribution in [2.75, 3.05) is 19.5 Å². The Hall–Kier alpha value is -3.62. The van der Waals surface area contributed by atoms with Crippen LogP contribution in [0.25, 0.3) is 5.65 Å². The van der Waals surface area contributed by atoms with Crippen molar-refractivity contribution in [3.8, 4) is 11.6 Å². The normalized spacial score (nSPS) is 10.5. The first-order valence-electron chi connectivity index (χ1n) is 8.68. The lowest BCUT2D eigenvalue weighted by Gasteiger charge is -2.08. The Balaban J connectivity index is 1.49. The van der Waals surface area contributed by atoms with Crippen LogP contribution in [0.4, 0.5) is 5.95 Å². The first kappa shape index (κ1) is 19.2.